The van der Waals surface area contributed by atoms with Gasteiger partial charge in [0.25, 0.3) is 0 Å². The first-order valence-electron chi connectivity index (χ1n) is 7.11. The van der Waals surface area contributed by atoms with Crippen LogP contribution in [-0.2, 0) is 0 Å². The summed E-state index contributed by atoms with van der Waals surface area (Å²) >= 11 is 0. The molecule has 2 rings (SSSR count). The lowest BCUT2D eigenvalue weighted by Crippen LogP contribution is -2.30. The first-order valence-corrected chi connectivity index (χ1v) is 7.11. The Hall–Kier alpha value is -2.67. The molecule has 1 atom stereocenters. The van der Waals surface area contributed by atoms with E-state index in [4.69, 9.17) is 13.9 Å². The Balaban J connectivity index is 1.85. The number of amides is 2. The summed E-state index contributed by atoms with van der Waals surface area (Å²) in [5.41, 5.74) is 1.18. The largest absolute Gasteiger partial charge is 0.493 e. The van der Waals surface area contributed by atoms with Crippen molar-refractivity contribution in [2.45, 2.75) is 12.5 Å². The van der Waals surface area contributed by atoms with Gasteiger partial charge in [0.1, 0.15) is 0 Å². The van der Waals surface area contributed by atoms with Crippen LogP contribution in [0.15, 0.2) is 41.2 Å². The van der Waals surface area contributed by atoms with Crippen LogP contribution in [-0.4, -0.2) is 31.9 Å². The molecular formula is C16H20N2O5. The zero-order valence-electron chi connectivity index (χ0n) is 13.0. The first kappa shape index (κ1) is 16.7. The molecule has 0 radical (unpaired) electrons. The van der Waals surface area contributed by atoms with E-state index in [9.17, 15) is 9.90 Å². The van der Waals surface area contributed by atoms with E-state index in [2.05, 4.69) is 10.6 Å². The van der Waals surface area contributed by atoms with Crippen molar-refractivity contribution in [3.63, 3.8) is 0 Å². The number of nitrogens with one attached hydrogen (secondary N) is 2. The van der Waals surface area contributed by atoms with Crippen LogP contribution in [0.3, 0.4) is 0 Å². The minimum Gasteiger partial charge on any atom is -0.493 e. The van der Waals surface area contributed by atoms with Gasteiger partial charge in [0.05, 0.1) is 38.5 Å². The molecule has 0 saturated heterocycles. The Morgan fingerprint density at radius 1 is 1.30 bits per heavy atom. The Morgan fingerprint density at radius 3 is 2.78 bits per heavy atom. The molecule has 1 aromatic heterocycles. The number of para-hydroxylation sites is 1. The quantitative estimate of drug-likeness (QED) is 0.729. The fraction of sp³-hybridized carbons (Fsp3) is 0.312. The van der Waals surface area contributed by atoms with Crippen LogP contribution in [0.1, 0.15) is 18.1 Å². The molecule has 2 amide bonds. The minimum absolute atomic E-state index is 0.310. The maximum absolute atomic E-state index is 11.9. The predicted octanol–water partition coefficient (Wildman–Crippen LogP) is 2.54. The molecule has 23 heavy (non-hydrogen) atoms. The van der Waals surface area contributed by atoms with Crippen molar-refractivity contribution in [1.29, 1.82) is 0 Å². The van der Waals surface area contributed by atoms with Crippen LogP contribution in [0, 0.1) is 0 Å². The van der Waals surface area contributed by atoms with Crippen LogP contribution in [0.5, 0.6) is 11.5 Å². The van der Waals surface area contributed by atoms with E-state index in [1.165, 1.54) is 26.7 Å². The summed E-state index contributed by atoms with van der Waals surface area (Å²) < 4.78 is 15.3. The number of ether oxygens (including phenoxy) is 2. The van der Waals surface area contributed by atoms with Crippen molar-refractivity contribution >= 4 is 11.7 Å². The van der Waals surface area contributed by atoms with Crippen molar-refractivity contribution in [3.05, 3.63) is 42.4 Å². The SMILES string of the molecule is COc1cccc(NC(=O)NCCC(O)c2ccoc2)c1OC. The number of rotatable bonds is 7. The molecule has 0 bridgehead atoms. The Bertz CT molecular complexity index is 627. The number of methoxy groups -OCH3 is 2. The number of aliphatic hydroxyl groups is 1. The number of hydrogen-bond acceptors (Lipinski definition) is 5. The Labute approximate surface area is 134 Å². The Morgan fingerprint density at radius 2 is 2.13 bits per heavy atom. The number of furan rings is 1. The lowest BCUT2D eigenvalue weighted by molar-refractivity contribution is 0.166. The van der Waals surface area contributed by atoms with Gasteiger partial charge in [0.15, 0.2) is 11.5 Å². The molecule has 0 saturated carbocycles. The summed E-state index contributed by atoms with van der Waals surface area (Å²) in [6.45, 7) is 0.310. The first-order chi connectivity index (χ1) is 11.2. The summed E-state index contributed by atoms with van der Waals surface area (Å²) in [7, 11) is 3.03. The van der Waals surface area contributed by atoms with E-state index in [0.29, 0.717) is 35.7 Å². The van der Waals surface area contributed by atoms with Crippen molar-refractivity contribution in [1.82, 2.24) is 5.32 Å². The van der Waals surface area contributed by atoms with Gasteiger partial charge in [-0.1, -0.05) is 6.07 Å². The van der Waals surface area contributed by atoms with E-state index in [1.54, 1.807) is 24.3 Å². The van der Waals surface area contributed by atoms with Gasteiger partial charge in [-0.15, -0.1) is 0 Å². The number of carbonyl (C=O) groups excluding carboxylic acids is 1. The molecule has 2 aromatic rings. The second kappa shape index (κ2) is 8.09. The molecule has 3 N–H and O–H groups in total. The van der Waals surface area contributed by atoms with E-state index in [0.717, 1.165) is 0 Å². The second-order valence-corrected chi connectivity index (χ2v) is 4.78. The number of carbonyl (C=O) groups is 1. The van der Waals surface area contributed by atoms with Gasteiger partial charge >= 0.3 is 6.03 Å². The van der Waals surface area contributed by atoms with Crippen molar-refractivity contribution in [3.8, 4) is 11.5 Å². The van der Waals surface area contributed by atoms with Gasteiger partial charge in [-0.25, -0.2) is 4.79 Å². The lowest BCUT2D eigenvalue weighted by Gasteiger charge is -2.14. The van der Waals surface area contributed by atoms with E-state index in [1.807, 2.05) is 0 Å². The highest BCUT2D eigenvalue weighted by Gasteiger charge is 2.13. The minimum atomic E-state index is -0.680. The molecule has 0 aliphatic carbocycles. The van der Waals surface area contributed by atoms with Crippen molar-refractivity contribution in [2.24, 2.45) is 0 Å². The van der Waals surface area contributed by atoms with E-state index < -0.39 is 12.1 Å². The number of aliphatic hydroxyl groups excluding tert-OH is 1. The highest BCUT2D eigenvalue weighted by Crippen LogP contribution is 2.34. The number of benzene rings is 1. The summed E-state index contributed by atoms with van der Waals surface area (Å²) in [5, 5.41) is 15.3. The maximum Gasteiger partial charge on any atom is 0.319 e. The standard InChI is InChI=1S/C16H20N2O5/c1-21-14-5-3-4-12(15(14)22-2)18-16(20)17-8-6-13(19)11-7-9-23-10-11/h3-5,7,9-10,13,19H,6,8H2,1-2H3,(H2,17,18,20). The van der Waals surface area contributed by atoms with Gasteiger partial charge in [0, 0.05) is 12.1 Å². The molecule has 0 aliphatic heterocycles. The summed E-state index contributed by atoms with van der Waals surface area (Å²) in [6.07, 6.45) is 2.67. The fourth-order valence-corrected chi connectivity index (χ4v) is 2.11. The topological polar surface area (TPSA) is 93.0 Å². The van der Waals surface area contributed by atoms with Crippen LogP contribution < -0.4 is 20.1 Å². The molecular weight excluding hydrogens is 300 g/mol. The summed E-state index contributed by atoms with van der Waals surface area (Å²) in [4.78, 5) is 11.9. The molecule has 7 heteroatoms. The zero-order valence-corrected chi connectivity index (χ0v) is 13.0. The van der Waals surface area contributed by atoms with Gasteiger partial charge in [0.2, 0.25) is 0 Å². The number of anilines is 1. The fourth-order valence-electron chi connectivity index (χ4n) is 2.11. The van der Waals surface area contributed by atoms with Crippen LogP contribution >= 0.6 is 0 Å². The third-order valence-corrected chi connectivity index (χ3v) is 3.28. The molecule has 0 spiro atoms. The highest BCUT2D eigenvalue weighted by atomic mass is 16.5. The van der Waals surface area contributed by atoms with Crippen LogP contribution in [0.25, 0.3) is 0 Å². The van der Waals surface area contributed by atoms with Gasteiger partial charge in [-0.3, -0.25) is 0 Å². The predicted molar refractivity (Wildman–Crippen MR) is 84.9 cm³/mol. The third kappa shape index (κ3) is 4.40. The third-order valence-electron chi connectivity index (χ3n) is 3.28. The monoisotopic (exact) mass is 320 g/mol. The lowest BCUT2D eigenvalue weighted by atomic mass is 10.1. The summed E-state index contributed by atoms with van der Waals surface area (Å²) in [6, 6.07) is 6.49. The average Bonchev–Trinajstić information content (AvgIpc) is 3.09. The normalized spacial score (nSPS) is 11.6. The average molecular weight is 320 g/mol. The van der Waals surface area contributed by atoms with Crippen molar-refractivity contribution in [2.75, 3.05) is 26.1 Å². The molecule has 7 nitrogen and oxygen atoms in total. The van der Waals surface area contributed by atoms with E-state index in [-0.39, 0.29) is 0 Å². The van der Waals surface area contributed by atoms with Gasteiger partial charge in [-0.2, -0.15) is 0 Å². The smallest absolute Gasteiger partial charge is 0.319 e. The molecule has 0 aliphatic rings. The van der Waals surface area contributed by atoms with E-state index >= 15 is 0 Å². The molecule has 0 fully saturated rings. The van der Waals surface area contributed by atoms with Crippen LogP contribution in [0.4, 0.5) is 10.5 Å². The van der Waals surface area contributed by atoms with Crippen LogP contribution in [0.2, 0.25) is 0 Å². The van der Waals surface area contributed by atoms with Gasteiger partial charge in [-0.05, 0) is 24.6 Å². The zero-order chi connectivity index (χ0) is 16.7. The molecule has 124 valence electrons. The number of hydrogen-bond donors (Lipinski definition) is 3. The van der Waals surface area contributed by atoms with Gasteiger partial charge < -0.3 is 29.6 Å². The maximum atomic E-state index is 11.9. The molecule has 1 unspecified atom stereocenters. The summed E-state index contributed by atoms with van der Waals surface area (Å²) in [5.74, 6) is 0.976. The molecule has 1 aromatic carbocycles. The number of urea groups is 1. The molecule has 1 heterocycles. The second-order valence-electron chi connectivity index (χ2n) is 4.78. The van der Waals surface area contributed by atoms with Crippen molar-refractivity contribution < 1.29 is 23.8 Å². The highest BCUT2D eigenvalue weighted by molar-refractivity contribution is 5.91. The Kier molecular flexibility index (Phi) is 5.87.